The molecule has 0 amide bonds. The lowest BCUT2D eigenvalue weighted by atomic mass is 10.2. The van der Waals surface area contributed by atoms with E-state index in [2.05, 4.69) is 11.0 Å². The molecule has 4 heteroatoms. The predicted octanol–water partition coefficient (Wildman–Crippen LogP) is 2.60. The number of hydrogen-bond acceptors (Lipinski definition) is 3. The summed E-state index contributed by atoms with van der Waals surface area (Å²) in [6, 6.07) is 6.25. The highest BCUT2D eigenvalue weighted by molar-refractivity contribution is 7.99. The van der Waals surface area contributed by atoms with Crippen LogP contribution in [0.2, 0.25) is 5.02 Å². The molecule has 0 fully saturated rings. The maximum atomic E-state index is 6.22. The summed E-state index contributed by atoms with van der Waals surface area (Å²) in [6.45, 7) is 3.93. The lowest BCUT2D eigenvalue weighted by Gasteiger charge is -2.32. The van der Waals surface area contributed by atoms with Gasteiger partial charge in [-0.3, -0.25) is 0 Å². The Morgan fingerprint density at radius 2 is 2.40 bits per heavy atom. The Kier molecular flexibility index (Phi) is 3.44. The van der Waals surface area contributed by atoms with Crippen LogP contribution in [-0.2, 0) is 0 Å². The Morgan fingerprint density at radius 3 is 3.13 bits per heavy atom. The number of fused-ring (bicyclic) bond motifs is 1. The summed E-state index contributed by atoms with van der Waals surface area (Å²) in [5, 5.41) is 0.834. The van der Waals surface area contributed by atoms with E-state index in [0.717, 1.165) is 29.6 Å². The standard InChI is InChI=1S/C11H15ClN2S/c1-8(13)7-14-5-6-15-10-4-2-3-9(12)11(10)14/h2-4,8H,5-7,13H2,1H3. The fourth-order valence-electron chi connectivity index (χ4n) is 1.83. The minimum Gasteiger partial charge on any atom is -0.367 e. The number of para-hydroxylation sites is 1. The van der Waals surface area contributed by atoms with Crippen molar-refractivity contribution in [2.24, 2.45) is 5.73 Å². The lowest BCUT2D eigenvalue weighted by Crippen LogP contribution is -2.38. The molecule has 1 atom stereocenters. The molecule has 1 aliphatic rings. The van der Waals surface area contributed by atoms with Gasteiger partial charge in [-0.1, -0.05) is 17.7 Å². The van der Waals surface area contributed by atoms with Gasteiger partial charge in [0.25, 0.3) is 0 Å². The van der Waals surface area contributed by atoms with Crippen molar-refractivity contribution in [3.8, 4) is 0 Å². The SMILES string of the molecule is CC(N)CN1CCSc2cccc(Cl)c21. The summed E-state index contributed by atoms with van der Waals surface area (Å²) in [5.74, 6) is 1.11. The van der Waals surface area contributed by atoms with E-state index in [-0.39, 0.29) is 6.04 Å². The normalized spacial score (nSPS) is 17.4. The molecule has 2 N–H and O–H groups in total. The van der Waals surface area contributed by atoms with Crippen LogP contribution in [-0.4, -0.2) is 24.9 Å². The average molecular weight is 243 g/mol. The number of nitrogens with zero attached hydrogens (tertiary/aromatic N) is 1. The van der Waals surface area contributed by atoms with E-state index in [1.807, 2.05) is 30.8 Å². The van der Waals surface area contributed by atoms with E-state index in [1.54, 1.807) is 0 Å². The summed E-state index contributed by atoms with van der Waals surface area (Å²) in [4.78, 5) is 3.56. The van der Waals surface area contributed by atoms with Crippen LogP contribution >= 0.6 is 23.4 Å². The van der Waals surface area contributed by atoms with Crippen LogP contribution in [0, 0.1) is 0 Å². The zero-order valence-corrected chi connectivity index (χ0v) is 10.3. The first-order valence-electron chi connectivity index (χ1n) is 5.10. The van der Waals surface area contributed by atoms with Crippen molar-refractivity contribution in [1.29, 1.82) is 0 Å². The number of hydrogen-bond donors (Lipinski definition) is 1. The summed E-state index contributed by atoms with van der Waals surface area (Å²) in [7, 11) is 0. The second-order valence-corrected chi connectivity index (χ2v) is 5.40. The Morgan fingerprint density at radius 1 is 1.60 bits per heavy atom. The van der Waals surface area contributed by atoms with Gasteiger partial charge in [0, 0.05) is 29.8 Å². The Labute approximate surface area is 99.8 Å². The zero-order valence-electron chi connectivity index (χ0n) is 8.74. The van der Waals surface area contributed by atoms with Gasteiger partial charge < -0.3 is 10.6 Å². The molecule has 0 aliphatic carbocycles. The molecule has 2 nitrogen and oxygen atoms in total. The largest absolute Gasteiger partial charge is 0.367 e. The second kappa shape index (κ2) is 4.64. The number of benzene rings is 1. The molecule has 0 aromatic heterocycles. The lowest BCUT2D eigenvalue weighted by molar-refractivity contribution is 0.684. The van der Waals surface area contributed by atoms with Crippen molar-refractivity contribution in [3.63, 3.8) is 0 Å². The molecule has 0 bridgehead atoms. The van der Waals surface area contributed by atoms with Crippen LogP contribution < -0.4 is 10.6 Å². The van der Waals surface area contributed by atoms with Gasteiger partial charge in [0.05, 0.1) is 10.7 Å². The maximum Gasteiger partial charge on any atom is 0.0694 e. The number of thioether (sulfide) groups is 1. The third-order valence-corrected chi connectivity index (χ3v) is 3.73. The number of anilines is 1. The first-order valence-corrected chi connectivity index (χ1v) is 6.46. The molecule has 0 saturated carbocycles. The summed E-state index contributed by atoms with van der Waals surface area (Å²) < 4.78 is 0. The average Bonchev–Trinajstić information content (AvgIpc) is 2.17. The predicted molar refractivity (Wildman–Crippen MR) is 68.0 cm³/mol. The number of rotatable bonds is 2. The molecular formula is C11H15ClN2S. The van der Waals surface area contributed by atoms with Crippen LogP contribution in [0.4, 0.5) is 5.69 Å². The molecule has 82 valence electrons. The molecule has 1 aromatic carbocycles. The Hall–Kier alpha value is -0.380. The molecule has 15 heavy (non-hydrogen) atoms. The van der Waals surface area contributed by atoms with Crippen LogP contribution in [0.3, 0.4) is 0 Å². The molecule has 1 heterocycles. The van der Waals surface area contributed by atoms with E-state index in [4.69, 9.17) is 17.3 Å². The van der Waals surface area contributed by atoms with Crippen molar-refractivity contribution in [2.45, 2.75) is 17.9 Å². The molecule has 0 radical (unpaired) electrons. The minimum absolute atomic E-state index is 0.178. The number of halogens is 1. The summed E-state index contributed by atoms with van der Waals surface area (Å²) >= 11 is 8.09. The summed E-state index contributed by atoms with van der Waals surface area (Å²) in [5.41, 5.74) is 7.00. The summed E-state index contributed by atoms with van der Waals surface area (Å²) in [6.07, 6.45) is 0. The fourth-order valence-corrected chi connectivity index (χ4v) is 3.26. The van der Waals surface area contributed by atoms with Gasteiger partial charge in [-0.05, 0) is 19.1 Å². The van der Waals surface area contributed by atoms with Gasteiger partial charge in [0.1, 0.15) is 0 Å². The van der Waals surface area contributed by atoms with E-state index >= 15 is 0 Å². The van der Waals surface area contributed by atoms with Crippen LogP contribution in [0.15, 0.2) is 23.1 Å². The van der Waals surface area contributed by atoms with Gasteiger partial charge in [0.15, 0.2) is 0 Å². The fraction of sp³-hybridized carbons (Fsp3) is 0.455. The second-order valence-electron chi connectivity index (χ2n) is 3.86. The van der Waals surface area contributed by atoms with Crippen molar-refractivity contribution >= 4 is 29.1 Å². The van der Waals surface area contributed by atoms with Crippen molar-refractivity contribution in [2.75, 3.05) is 23.7 Å². The molecular weight excluding hydrogens is 228 g/mol. The third-order valence-electron chi connectivity index (χ3n) is 2.39. The monoisotopic (exact) mass is 242 g/mol. The van der Waals surface area contributed by atoms with E-state index < -0.39 is 0 Å². The van der Waals surface area contributed by atoms with Crippen molar-refractivity contribution in [3.05, 3.63) is 23.2 Å². The van der Waals surface area contributed by atoms with Gasteiger partial charge in [-0.25, -0.2) is 0 Å². The van der Waals surface area contributed by atoms with Gasteiger partial charge in [-0.2, -0.15) is 0 Å². The molecule has 1 unspecified atom stereocenters. The van der Waals surface area contributed by atoms with Crippen LogP contribution in [0.1, 0.15) is 6.92 Å². The smallest absolute Gasteiger partial charge is 0.0694 e. The highest BCUT2D eigenvalue weighted by Gasteiger charge is 2.20. The van der Waals surface area contributed by atoms with Crippen LogP contribution in [0.5, 0.6) is 0 Å². The Balaban J connectivity index is 2.32. The first kappa shape index (κ1) is 11.1. The minimum atomic E-state index is 0.178. The van der Waals surface area contributed by atoms with E-state index in [9.17, 15) is 0 Å². The van der Waals surface area contributed by atoms with Gasteiger partial charge >= 0.3 is 0 Å². The topological polar surface area (TPSA) is 29.3 Å². The molecule has 1 aliphatic heterocycles. The highest BCUT2D eigenvalue weighted by atomic mass is 35.5. The molecule has 0 saturated heterocycles. The quantitative estimate of drug-likeness (QED) is 0.865. The van der Waals surface area contributed by atoms with Crippen molar-refractivity contribution < 1.29 is 0 Å². The number of nitrogens with two attached hydrogens (primary N) is 1. The molecule has 2 rings (SSSR count). The zero-order chi connectivity index (χ0) is 10.8. The third kappa shape index (κ3) is 2.41. The van der Waals surface area contributed by atoms with E-state index in [0.29, 0.717) is 0 Å². The van der Waals surface area contributed by atoms with E-state index in [1.165, 1.54) is 4.90 Å². The van der Waals surface area contributed by atoms with Crippen molar-refractivity contribution in [1.82, 2.24) is 0 Å². The highest BCUT2D eigenvalue weighted by Crippen LogP contribution is 2.39. The maximum absolute atomic E-state index is 6.22. The van der Waals surface area contributed by atoms with Crippen LogP contribution in [0.25, 0.3) is 0 Å². The van der Waals surface area contributed by atoms with Gasteiger partial charge in [-0.15, -0.1) is 11.8 Å². The molecule has 0 spiro atoms. The Bertz CT molecular complexity index is 354. The molecule has 1 aromatic rings. The first-order chi connectivity index (χ1) is 7.18. The van der Waals surface area contributed by atoms with Gasteiger partial charge in [0.2, 0.25) is 0 Å².